The first-order chi connectivity index (χ1) is 13.0. The highest BCUT2D eigenvalue weighted by Crippen LogP contribution is 2.25. The molecule has 0 N–H and O–H groups in total. The highest BCUT2D eigenvalue weighted by atomic mass is 79.9. The highest BCUT2D eigenvalue weighted by Gasteiger charge is 2.26. The molecule has 2 aliphatic rings. The zero-order valence-corrected chi connectivity index (χ0v) is 16.0. The summed E-state index contributed by atoms with van der Waals surface area (Å²) in [6.45, 7) is 3.26. The van der Waals surface area contributed by atoms with E-state index in [2.05, 4.69) is 15.9 Å². The van der Waals surface area contributed by atoms with Gasteiger partial charge in [0.15, 0.2) is 5.78 Å². The number of epoxide rings is 2. The molecule has 8 heteroatoms. The summed E-state index contributed by atoms with van der Waals surface area (Å²) in [5, 5.41) is 10.6. The Bertz CT molecular complexity index is 793. The Morgan fingerprint density at radius 1 is 1.11 bits per heavy atom. The van der Waals surface area contributed by atoms with Gasteiger partial charge in [0.05, 0.1) is 31.4 Å². The van der Waals surface area contributed by atoms with Crippen LogP contribution >= 0.6 is 15.9 Å². The first-order valence-corrected chi connectivity index (χ1v) is 9.18. The standard InChI is InChI=1S/C13H8BrNO3.C6H10O3/c14-12-8-10(15(17)18)6-7-11(12)13(16)9-4-2-1-3-5-9;1(5-3-8-5)7-2-6-4-9-6/h1-8H;5-6H,1-4H2. The van der Waals surface area contributed by atoms with Crippen LogP contribution in [0.15, 0.2) is 53.0 Å². The minimum Gasteiger partial charge on any atom is -0.376 e. The van der Waals surface area contributed by atoms with E-state index in [1.165, 1.54) is 18.2 Å². The number of nitro groups is 1. The molecule has 2 fully saturated rings. The molecular weight excluding hydrogens is 418 g/mol. The van der Waals surface area contributed by atoms with Gasteiger partial charge in [0.2, 0.25) is 0 Å². The molecular formula is C19H18BrNO6. The van der Waals surface area contributed by atoms with Crippen LogP contribution in [-0.4, -0.2) is 49.3 Å². The number of nitrogens with zero attached hydrogens (tertiary/aromatic N) is 1. The Morgan fingerprint density at radius 3 is 2.19 bits per heavy atom. The minimum absolute atomic E-state index is 0.0495. The molecule has 27 heavy (non-hydrogen) atoms. The second kappa shape index (κ2) is 9.18. The molecule has 4 rings (SSSR count). The van der Waals surface area contributed by atoms with Crippen molar-refractivity contribution in [1.82, 2.24) is 0 Å². The Morgan fingerprint density at radius 2 is 1.70 bits per heavy atom. The van der Waals surface area contributed by atoms with E-state index in [0.717, 1.165) is 26.4 Å². The van der Waals surface area contributed by atoms with Gasteiger partial charge < -0.3 is 14.2 Å². The average molecular weight is 436 g/mol. The van der Waals surface area contributed by atoms with Crippen molar-refractivity contribution in [2.24, 2.45) is 0 Å². The lowest BCUT2D eigenvalue weighted by Crippen LogP contribution is -2.06. The summed E-state index contributed by atoms with van der Waals surface area (Å²) in [5.74, 6) is -0.169. The fraction of sp³-hybridized carbons (Fsp3) is 0.316. The largest absolute Gasteiger partial charge is 0.376 e. The summed E-state index contributed by atoms with van der Waals surface area (Å²) in [6.07, 6.45) is 0.785. The number of carbonyl (C=O) groups excluding carboxylic acids is 1. The zero-order chi connectivity index (χ0) is 19.2. The van der Waals surface area contributed by atoms with Crippen LogP contribution in [0.25, 0.3) is 0 Å². The molecule has 2 heterocycles. The third-order valence-corrected chi connectivity index (χ3v) is 4.51. The van der Waals surface area contributed by atoms with Crippen LogP contribution in [0.5, 0.6) is 0 Å². The van der Waals surface area contributed by atoms with Crippen LogP contribution < -0.4 is 0 Å². The number of rotatable bonds is 7. The number of halogens is 1. The Hall–Kier alpha value is -2.13. The van der Waals surface area contributed by atoms with Gasteiger partial charge in [-0.05, 0) is 22.0 Å². The van der Waals surface area contributed by atoms with Gasteiger partial charge in [-0.25, -0.2) is 0 Å². The molecule has 0 aliphatic carbocycles. The molecule has 0 amide bonds. The van der Waals surface area contributed by atoms with Gasteiger partial charge >= 0.3 is 0 Å². The first kappa shape index (κ1) is 19.6. The third-order valence-electron chi connectivity index (χ3n) is 3.86. The molecule has 7 nitrogen and oxygen atoms in total. The molecule has 2 aromatic carbocycles. The SMILES string of the molecule is C(OCC1CO1)C1CO1.O=C(c1ccccc1)c1ccc([N+](=O)[O-])cc1Br. The second-order valence-electron chi connectivity index (χ2n) is 6.06. The van der Waals surface area contributed by atoms with Crippen molar-refractivity contribution in [3.63, 3.8) is 0 Å². The van der Waals surface area contributed by atoms with Gasteiger partial charge in [0.1, 0.15) is 12.2 Å². The van der Waals surface area contributed by atoms with E-state index < -0.39 is 4.92 Å². The van der Waals surface area contributed by atoms with Crippen molar-refractivity contribution < 1.29 is 23.9 Å². The van der Waals surface area contributed by atoms with Crippen molar-refractivity contribution in [1.29, 1.82) is 0 Å². The number of carbonyl (C=O) groups is 1. The first-order valence-electron chi connectivity index (χ1n) is 8.39. The number of nitro benzene ring substituents is 1. The summed E-state index contributed by atoms with van der Waals surface area (Å²) in [4.78, 5) is 22.3. The van der Waals surface area contributed by atoms with Crippen molar-refractivity contribution in [3.05, 3.63) is 74.2 Å². The summed E-state index contributed by atoms with van der Waals surface area (Å²) < 4.78 is 15.5. The van der Waals surface area contributed by atoms with E-state index in [4.69, 9.17) is 14.2 Å². The summed E-state index contributed by atoms with van der Waals surface area (Å²) in [7, 11) is 0. The molecule has 2 unspecified atom stereocenters. The van der Waals surface area contributed by atoms with E-state index in [9.17, 15) is 14.9 Å². The topological polar surface area (TPSA) is 94.5 Å². The van der Waals surface area contributed by atoms with Crippen molar-refractivity contribution in [2.75, 3.05) is 26.4 Å². The van der Waals surface area contributed by atoms with Crippen molar-refractivity contribution in [3.8, 4) is 0 Å². The quantitative estimate of drug-likeness (QED) is 0.286. The van der Waals surface area contributed by atoms with Gasteiger partial charge in [0, 0.05) is 27.7 Å². The fourth-order valence-electron chi connectivity index (χ4n) is 2.21. The van der Waals surface area contributed by atoms with Crippen molar-refractivity contribution in [2.45, 2.75) is 12.2 Å². The number of ketones is 1. The van der Waals surface area contributed by atoms with Crippen LogP contribution in [0.4, 0.5) is 5.69 Å². The van der Waals surface area contributed by atoms with Crippen LogP contribution in [0.3, 0.4) is 0 Å². The fourth-order valence-corrected chi connectivity index (χ4v) is 2.75. The average Bonchev–Trinajstić information content (AvgIpc) is 3.58. The predicted molar refractivity (Wildman–Crippen MR) is 101 cm³/mol. The van der Waals surface area contributed by atoms with Crippen LogP contribution in [-0.2, 0) is 14.2 Å². The third kappa shape index (κ3) is 6.21. The maximum atomic E-state index is 12.1. The van der Waals surface area contributed by atoms with Gasteiger partial charge in [-0.15, -0.1) is 0 Å². The van der Waals surface area contributed by atoms with Crippen LogP contribution in [0.2, 0.25) is 0 Å². The van der Waals surface area contributed by atoms with E-state index in [1.807, 2.05) is 6.07 Å². The van der Waals surface area contributed by atoms with E-state index in [1.54, 1.807) is 24.3 Å². The summed E-state index contributed by atoms with van der Waals surface area (Å²) >= 11 is 3.19. The maximum absolute atomic E-state index is 12.1. The normalized spacial score (nSPS) is 19.6. The molecule has 2 aliphatic heterocycles. The van der Waals surface area contributed by atoms with Crippen molar-refractivity contribution >= 4 is 27.4 Å². The highest BCUT2D eigenvalue weighted by molar-refractivity contribution is 9.10. The predicted octanol–water partition coefficient (Wildman–Crippen LogP) is 3.39. The maximum Gasteiger partial charge on any atom is 0.270 e. The number of hydrogen-bond donors (Lipinski definition) is 0. The molecule has 0 bridgehead atoms. The van der Waals surface area contributed by atoms with Crippen LogP contribution in [0.1, 0.15) is 15.9 Å². The Balaban J connectivity index is 0.000000193. The molecule has 0 saturated carbocycles. The number of hydrogen-bond acceptors (Lipinski definition) is 6. The minimum atomic E-state index is -0.498. The molecule has 2 saturated heterocycles. The van der Waals surface area contributed by atoms with Crippen LogP contribution in [0, 0.1) is 10.1 Å². The number of ether oxygens (including phenoxy) is 3. The molecule has 0 spiro atoms. The second-order valence-corrected chi connectivity index (χ2v) is 6.92. The molecule has 142 valence electrons. The lowest BCUT2D eigenvalue weighted by Gasteiger charge is -2.03. The number of non-ortho nitro benzene ring substituents is 1. The lowest BCUT2D eigenvalue weighted by molar-refractivity contribution is -0.384. The van der Waals surface area contributed by atoms with Gasteiger partial charge in [-0.1, -0.05) is 30.3 Å². The molecule has 0 aromatic heterocycles. The zero-order valence-electron chi connectivity index (χ0n) is 14.4. The molecule has 0 radical (unpaired) electrons. The number of benzene rings is 2. The van der Waals surface area contributed by atoms with Gasteiger partial charge in [-0.2, -0.15) is 0 Å². The smallest absolute Gasteiger partial charge is 0.270 e. The Kier molecular flexibility index (Phi) is 6.68. The van der Waals surface area contributed by atoms with E-state index >= 15 is 0 Å². The summed E-state index contributed by atoms with van der Waals surface area (Å²) in [5.41, 5.74) is 0.908. The molecule has 2 aromatic rings. The monoisotopic (exact) mass is 435 g/mol. The molecule has 2 atom stereocenters. The Labute approximate surface area is 164 Å². The summed E-state index contributed by atoms with van der Waals surface area (Å²) in [6, 6.07) is 12.9. The van der Waals surface area contributed by atoms with Gasteiger partial charge in [0.25, 0.3) is 5.69 Å². The van der Waals surface area contributed by atoms with E-state index in [0.29, 0.717) is 27.8 Å². The van der Waals surface area contributed by atoms with Gasteiger partial charge in [-0.3, -0.25) is 14.9 Å². The lowest BCUT2D eigenvalue weighted by atomic mass is 10.0. The van der Waals surface area contributed by atoms with E-state index in [-0.39, 0.29) is 11.5 Å².